The van der Waals surface area contributed by atoms with E-state index in [-0.39, 0.29) is 18.4 Å². The Morgan fingerprint density at radius 1 is 1.33 bits per heavy atom. The topological polar surface area (TPSA) is 62.3 Å². The van der Waals surface area contributed by atoms with Crippen LogP contribution in [0.5, 0.6) is 0 Å². The second kappa shape index (κ2) is 7.57. The predicted octanol–water partition coefficient (Wildman–Crippen LogP) is 2.40. The van der Waals surface area contributed by atoms with E-state index in [0.717, 1.165) is 29.1 Å². The van der Waals surface area contributed by atoms with Gasteiger partial charge in [-0.25, -0.2) is 4.98 Å². The summed E-state index contributed by atoms with van der Waals surface area (Å²) in [5.74, 6) is -0.00201. The Morgan fingerprint density at radius 2 is 2.12 bits per heavy atom. The van der Waals surface area contributed by atoms with Crippen LogP contribution in [0.15, 0.2) is 29.6 Å². The van der Waals surface area contributed by atoms with Gasteiger partial charge < -0.3 is 10.2 Å². The van der Waals surface area contributed by atoms with Crippen molar-refractivity contribution in [3.05, 3.63) is 40.2 Å². The Kier molecular flexibility index (Phi) is 5.25. The molecule has 0 atom stereocenters. The summed E-state index contributed by atoms with van der Waals surface area (Å²) in [6, 6.07) is 8.27. The van der Waals surface area contributed by atoms with Crippen molar-refractivity contribution in [1.82, 2.24) is 15.2 Å². The summed E-state index contributed by atoms with van der Waals surface area (Å²) < 4.78 is 0. The van der Waals surface area contributed by atoms with Gasteiger partial charge in [0.1, 0.15) is 0 Å². The number of benzene rings is 1. The van der Waals surface area contributed by atoms with Crippen molar-refractivity contribution in [2.45, 2.75) is 26.2 Å². The highest BCUT2D eigenvalue weighted by atomic mass is 32.1. The van der Waals surface area contributed by atoms with Gasteiger partial charge in [0, 0.05) is 30.5 Å². The van der Waals surface area contributed by atoms with Crippen LogP contribution in [0, 0.1) is 6.92 Å². The molecule has 0 radical (unpaired) electrons. The number of thiazole rings is 1. The highest BCUT2D eigenvalue weighted by Gasteiger charge is 2.21. The summed E-state index contributed by atoms with van der Waals surface area (Å²) >= 11 is 1.65. The minimum Gasteiger partial charge on any atom is -0.354 e. The fraction of sp³-hybridized carbons (Fsp3) is 0.389. The number of carbonyl (C=O) groups is 2. The van der Waals surface area contributed by atoms with Gasteiger partial charge in [-0.1, -0.05) is 24.3 Å². The van der Waals surface area contributed by atoms with Crippen molar-refractivity contribution in [3.63, 3.8) is 0 Å². The Bertz CT molecular complexity index is 724. The molecule has 2 heterocycles. The molecule has 3 rings (SSSR count). The fourth-order valence-corrected chi connectivity index (χ4v) is 3.41. The van der Waals surface area contributed by atoms with Crippen LogP contribution < -0.4 is 5.32 Å². The highest BCUT2D eigenvalue weighted by molar-refractivity contribution is 7.09. The Balaban J connectivity index is 1.45. The monoisotopic (exact) mass is 343 g/mol. The molecule has 1 aromatic heterocycles. The lowest BCUT2D eigenvalue weighted by atomic mass is 10.1. The summed E-state index contributed by atoms with van der Waals surface area (Å²) in [5, 5.41) is 6.01. The van der Waals surface area contributed by atoms with E-state index in [1.54, 1.807) is 16.2 Å². The van der Waals surface area contributed by atoms with Crippen LogP contribution in [0.4, 0.5) is 0 Å². The average molecular weight is 343 g/mol. The van der Waals surface area contributed by atoms with Gasteiger partial charge in [-0.3, -0.25) is 9.59 Å². The quantitative estimate of drug-likeness (QED) is 0.876. The van der Waals surface area contributed by atoms with E-state index in [1.807, 2.05) is 6.92 Å². The van der Waals surface area contributed by atoms with Crippen molar-refractivity contribution in [2.75, 3.05) is 19.6 Å². The summed E-state index contributed by atoms with van der Waals surface area (Å²) in [5.41, 5.74) is 3.29. The number of carbonyl (C=O) groups excluding carboxylic acids is 2. The Labute approximate surface area is 145 Å². The van der Waals surface area contributed by atoms with Crippen molar-refractivity contribution >= 4 is 23.2 Å². The standard InChI is InChI=1S/C18H21N3O2S/c1-13-20-16(12-24-13)15-6-4-14(5-7-15)8-9-19-17(22)11-21-10-2-3-18(21)23/h4-7,12H,2-3,8-11H2,1H3,(H,19,22). The van der Waals surface area contributed by atoms with Crippen LogP contribution in [0.25, 0.3) is 11.3 Å². The number of aryl methyl sites for hydroxylation is 1. The molecule has 1 aromatic carbocycles. The van der Waals surface area contributed by atoms with Gasteiger partial charge in [-0.2, -0.15) is 0 Å². The maximum absolute atomic E-state index is 11.9. The molecule has 1 aliphatic heterocycles. The molecule has 0 bridgehead atoms. The zero-order valence-electron chi connectivity index (χ0n) is 13.7. The van der Waals surface area contributed by atoms with E-state index in [2.05, 4.69) is 39.9 Å². The van der Waals surface area contributed by atoms with Crippen molar-refractivity contribution in [1.29, 1.82) is 0 Å². The van der Waals surface area contributed by atoms with Gasteiger partial charge in [-0.15, -0.1) is 11.3 Å². The van der Waals surface area contributed by atoms with Crippen LogP contribution in [0.3, 0.4) is 0 Å². The largest absolute Gasteiger partial charge is 0.354 e. The molecule has 0 saturated carbocycles. The fourth-order valence-electron chi connectivity index (χ4n) is 2.78. The number of hydrogen-bond donors (Lipinski definition) is 1. The van der Waals surface area contributed by atoms with E-state index < -0.39 is 0 Å². The van der Waals surface area contributed by atoms with E-state index in [0.29, 0.717) is 19.5 Å². The van der Waals surface area contributed by atoms with Crippen LogP contribution in [-0.4, -0.2) is 41.3 Å². The van der Waals surface area contributed by atoms with Gasteiger partial charge in [0.05, 0.1) is 17.2 Å². The molecule has 5 nitrogen and oxygen atoms in total. The van der Waals surface area contributed by atoms with E-state index in [9.17, 15) is 9.59 Å². The average Bonchev–Trinajstić information content (AvgIpc) is 3.17. The lowest BCUT2D eigenvalue weighted by molar-refractivity contribution is -0.133. The molecule has 24 heavy (non-hydrogen) atoms. The van der Waals surface area contributed by atoms with Crippen molar-refractivity contribution in [2.24, 2.45) is 0 Å². The van der Waals surface area contributed by atoms with Gasteiger partial charge in [0.15, 0.2) is 0 Å². The van der Waals surface area contributed by atoms with Gasteiger partial charge in [-0.05, 0) is 25.3 Å². The van der Waals surface area contributed by atoms with Crippen LogP contribution >= 0.6 is 11.3 Å². The van der Waals surface area contributed by atoms with E-state index >= 15 is 0 Å². The SMILES string of the molecule is Cc1nc(-c2ccc(CCNC(=O)CN3CCCC3=O)cc2)cs1. The zero-order chi connectivity index (χ0) is 16.9. The maximum Gasteiger partial charge on any atom is 0.239 e. The summed E-state index contributed by atoms with van der Waals surface area (Å²) in [4.78, 5) is 29.5. The summed E-state index contributed by atoms with van der Waals surface area (Å²) in [7, 11) is 0. The smallest absolute Gasteiger partial charge is 0.239 e. The van der Waals surface area contributed by atoms with Crippen LogP contribution in [0.2, 0.25) is 0 Å². The number of likely N-dealkylation sites (tertiary alicyclic amines) is 1. The number of aromatic nitrogens is 1. The first-order valence-electron chi connectivity index (χ1n) is 8.18. The first kappa shape index (κ1) is 16.6. The lowest BCUT2D eigenvalue weighted by Crippen LogP contribution is -2.38. The first-order chi connectivity index (χ1) is 11.6. The van der Waals surface area contributed by atoms with Crippen molar-refractivity contribution < 1.29 is 9.59 Å². The Hall–Kier alpha value is -2.21. The van der Waals surface area contributed by atoms with E-state index in [1.165, 1.54) is 5.56 Å². The molecule has 0 spiro atoms. The predicted molar refractivity (Wildman–Crippen MR) is 94.8 cm³/mol. The normalized spacial score (nSPS) is 14.2. The molecule has 1 N–H and O–H groups in total. The van der Waals surface area contributed by atoms with Crippen LogP contribution in [0.1, 0.15) is 23.4 Å². The number of amides is 2. The molecule has 0 aliphatic carbocycles. The maximum atomic E-state index is 11.9. The molecule has 0 unspecified atom stereocenters. The minimum atomic E-state index is -0.0835. The molecule has 1 saturated heterocycles. The van der Waals surface area contributed by atoms with Gasteiger partial charge >= 0.3 is 0 Å². The van der Waals surface area contributed by atoms with E-state index in [4.69, 9.17) is 0 Å². The third-order valence-corrected chi connectivity index (χ3v) is 4.88. The third-order valence-electron chi connectivity index (χ3n) is 4.11. The minimum absolute atomic E-state index is 0.0815. The zero-order valence-corrected chi connectivity index (χ0v) is 14.6. The second-order valence-electron chi connectivity index (χ2n) is 5.97. The molecule has 1 fully saturated rings. The number of hydrogen-bond acceptors (Lipinski definition) is 4. The third kappa shape index (κ3) is 4.20. The van der Waals surface area contributed by atoms with Gasteiger partial charge in [0.2, 0.25) is 11.8 Å². The Morgan fingerprint density at radius 3 is 2.75 bits per heavy atom. The molecule has 126 valence electrons. The molecular weight excluding hydrogens is 322 g/mol. The number of rotatable bonds is 6. The van der Waals surface area contributed by atoms with Crippen molar-refractivity contribution in [3.8, 4) is 11.3 Å². The number of nitrogens with one attached hydrogen (secondary N) is 1. The van der Waals surface area contributed by atoms with Crippen LogP contribution in [-0.2, 0) is 16.0 Å². The number of nitrogens with zero attached hydrogens (tertiary/aromatic N) is 2. The highest BCUT2D eigenvalue weighted by Crippen LogP contribution is 2.21. The lowest BCUT2D eigenvalue weighted by Gasteiger charge is -2.14. The molecule has 2 amide bonds. The molecule has 2 aromatic rings. The first-order valence-corrected chi connectivity index (χ1v) is 9.06. The summed E-state index contributed by atoms with van der Waals surface area (Å²) in [6.45, 7) is 3.46. The molecule has 6 heteroatoms. The summed E-state index contributed by atoms with van der Waals surface area (Å²) in [6.07, 6.45) is 2.20. The molecular formula is C18H21N3O2S. The second-order valence-corrected chi connectivity index (χ2v) is 7.03. The molecule has 1 aliphatic rings. The van der Waals surface area contributed by atoms with Gasteiger partial charge in [0.25, 0.3) is 0 Å².